The highest BCUT2D eigenvalue weighted by atomic mass is 79.9. The van der Waals surface area contributed by atoms with Crippen molar-refractivity contribution in [1.29, 1.82) is 0 Å². The molecule has 1 amide bonds. The highest BCUT2D eigenvalue weighted by Gasteiger charge is 2.22. The Hall–Kier alpha value is -2.34. The van der Waals surface area contributed by atoms with Crippen LogP contribution < -0.4 is 10.1 Å². The number of halogens is 1. The van der Waals surface area contributed by atoms with Crippen molar-refractivity contribution in [2.24, 2.45) is 5.92 Å². The number of hydrogen-bond acceptors (Lipinski definition) is 3. The van der Waals surface area contributed by atoms with Gasteiger partial charge in [0.2, 0.25) is 5.91 Å². The van der Waals surface area contributed by atoms with Crippen molar-refractivity contribution < 1.29 is 19.4 Å². The Bertz CT molecular complexity index is 713. The van der Waals surface area contributed by atoms with Crippen LogP contribution in [0.15, 0.2) is 53.0 Å². The zero-order valence-corrected chi connectivity index (χ0v) is 15.5. The molecule has 2 aromatic rings. The SMILES string of the molecule is CCOc1ccc(NC(=O)[C@@H](CC(=O)O)Cc2ccc(Br)cc2)cc1. The van der Waals surface area contributed by atoms with Gasteiger partial charge in [-0.05, 0) is 55.3 Å². The second-order valence-electron chi connectivity index (χ2n) is 5.57. The average Bonchev–Trinajstić information content (AvgIpc) is 2.58. The second kappa shape index (κ2) is 9.22. The number of anilines is 1. The van der Waals surface area contributed by atoms with Gasteiger partial charge in [-0.15, -0.1) is 0 Å². The first-order valence-corrected chi connectivity index (χ1v) is 8.77. The van der Waals surface area contributed by atoms with Gasteiger partial charge in [-0.3, -0.25) is 9.59 Å². The van der Waals surface area contributed by atoms with E-state index < -0.39 is 11.9 Å². The molecular formula is C19H20BrNO4. The van der Waals surface area contributed by atoms with Gasteiger partial charge < -0.3 is 15.2 Å². The summed E-state index contributed by atoms with van der Waals surface area (Å²) in [5.41, 5.74) is 1.52. The zero-order valence-electron chi connectivity index (χ0n) is 13.9. The number of hydrogen-bond donors (Lipinski definition) is 2. The Balaban J connectivity index is 2.06. The number of aliphatic carboxylic acids is 1. The number of amides is 1. The lowest BCUT2D eigenvalue weighted by Crippen LogP contribution is -2.27. The van der Waals surface area contributed by atoms with Crippen LogP contribution in [0.5, 0.6) is 5.75 Å². The number of ether oxygens (including phenoxy) is 1. The summed E-state index contributed by atoms with van der Waals surface area (Å²) < 4.78 is 6.30. The number of benzene rings is 2. The lowest BCUT2D eigenvalue weighted by molar-refractivity contribution is -0.140. The van der Waals surface area contributed by atoms with Crippen molar-refractivity contribution in [2.45, 2.75) is 19.8 Å². The molecule has 2 aromatic carbocycles. The first-order valence-electron chi connectivity index (χ1n) is 7.98. The number of carboxylic acid groups (broad SMARTS) is 1. The Morgan fingerprint density at radius 1 is 1.12 bits per heavy atom. The summed E-state index contributed by atoms with van der Waals surface area (Å²) in [5, 5.41) is 11.9. The molecule has 0 fully saturated rings. The van der Waals surface area contributed by atoms with E-state index in [-0.39, 0.29) is 12.3 Å². The van der Waals surface area contributed by atoms with Crippen molar-refractivity contribution in [3.8, 4) is 5.75 Å². The predicted molar refractivity (Wildman–Crippen MR) is 99.8 cm³/mol. The molecule has 0 saturated heterocycles. The molecule has 2 N–H and O–H groups in total. The first-order chi connectivity index (χ1) is 12.0. The van der Waals surface area contributed by atoms with Crippen molar-refractivity contribution in [3.05, 3.63) is 58.6 Å². The molecule has 6 heteroatoms. The van der Waals surface area contributed by atoms with Crippen LogP contribution in [0.2, 0.25) is 0 Å². The standard InChI is InChI=1S/C19H20BrNO4/c1-2-25-17-9-7-16(8-10-17)21-19(24)14(12-18(22)23)11-13-3-5-15(20)6-4-13/h3-10,14H,2,11-12H2,1H3,(H,21,24)(H,22,23)/t14-/m1/s1. The molecule has 25 heavy (non-hydrogen) atoms. The summed E-state index contributed by atoms with van der Waals surface area (Å²) >= 11 is 3.36. The highest BCUT2D eigenvalue weighted by Crippen LogP contribution is 2.20. The molecule has 0 bridgehead atoms. The van der Waals surface area contributed by atoms with Crippen LogP contribution in [-0.2, 0) is 16.0 Å². The maximum absolute atomic E-state index is 12.5. The summed E-state index contributed by atoms with van der Waals surface area (Å²) in [5.74, 6) is -1.24. The van der Waals surface area contributed by atoms with Crippen LogP contribution >= 0.6 is 15.9 Å². The van der Waals surface area contributed by atoms with E-state index >= 15 is 0 Å². The molecule has 0 unspecified atom stereocenters. The first kappa shape index (κ1) is 19.0. The second-order valence-corrected chi connectivity index (χ2v) is 6.49. The molecule has 0 saturated carbocycles. The minimum Gasteiger partial charge on any atom is -0.494 e. The molecule has 0 aliphatic rings. The molecule has 2 rings (SSSR count). The number of nitrogens with one attached hydrogen (secondary N) is 1. The predicted octanol–water partition coefficient (Wildman–Crippen LogP) is 4.12. The summed E-state index contributed by atoms with van der Waals surface area (Å²) in [6.45, 7) is 2.47. The van der Waals surface area contributed by atoms with Gasteiger partial charge >= 0.3 is 5.97 Å². The van der Waals surface area contributed by atoms with E-state index in [1.807, 2.05) is 31.2 Å². The quantitative estimate of drug-likeness (QED) is 0.692. The molecule has 0 aliphatic heterocycles. The van der Waals surface area contributed by atoms with Crippen LogP contribution in [0.25, 0.3) is 0 Å². The smallest absolute Gasteiger partial charge is 0.304 e. The van der Waals surface area contributed by atoms with Gasteiger partial charge in [0.25, 0.3) is 0 Å². The van der Waals surface area contributed by atoms with Gasteiger partial charge in [0, 0.05) is 10.2 Å². The highest BCUT2D eigenvalue weighted by molar-refractivity contribution is 9.10. The fraction of sp³-hybridized carbons (Fsp3) is 0.263. The summed E-state index contributed by atoms with van der Waals surface area (Å²) in [6.07, 6.45) is 0.140. The van der Waals surface area contributed by atoms with Gasteiger partial charge in [0.1, 0.15) is 5.75 Å². The summed E-state index contributed by atoms with van der Waals surface area (Å²) in [4.78, 5) is 23.6. The van der Waals surface area contributed by atoms with Crippen molar-refractivity contribution in [2.75, 3.05) is 11.9 Å². The third kappa shape index (κ3) is 6.23. The van der Waals surface area contributed by atoms with Crippen LogP contribution in [0.1, 0.15) is 18.9 Å². The molecule has 0 aliphatic carbocycles. The molecule has 1 atom stereocenters. The van der Waals surface area contributed by atoms with Crippen LogP contribution in [0.3, 0.4) is 0 Å². The van der Waals surface area contributed by atoms with Gasteiger partial charge in [0.05, 0.1) is 18.9 Å². The van der Waals surface area contributed by atoms with E-state index in [0.29, 0.717) is 18.7 Å². The minimum absolute atomic E-state index is 0.223. The van der Waals surface area contributed by atoms with Crippen LogP contribution in [-0.4, -0.2) is 23.6 Å². The zero-order chi connectivity index (χ0) is 18.2. The number of carbonyl (C=O) groups excluding carboxylic acids is 1. The van der Waals surface area contributed by atoms with E-state index in [9.17, 15) is 9.59 Å². The minimum atomic E-state index is -0.996. The van der Waals surface area contributed by atoms with Crippen LogP contribution in [0.4, 0.5) is 5.69 Å². The van der Waals surface area contributed by atoms with Crippen LogP contribution in [0, 0.1) is 5.92 Å². The lowest BCUT2D eigenvalue weighted by Gasteiger charge is -2.15. The monoisotopic (exact) mass is 405 g/mol. The van der Waals surface area contributed by atoms with Crippen molar-refractivity contribution in [1.82, 2.24) is 0 Å². The normalized spacial score (nSPS) is 11.6. The van der Waals surface area contributed by atoms with Crippen molar-refractivity contribution in [3.63, 3.8) is 0 Å². The van der Waals surface area contributed by atoms with E-state index in [0.717, 1.165) is 15.8 Å². The van der Waals surface area contributed by atoms with E-state index in [1.165, 1.54) is 0 Å². The number of carboxylic acids is 1. The van der Waals surface area contributed by atoms with E-state index in [1.54, 1.807) is 24.3 Å². The largest absolute Gasteiger partial charge is 0.494 e. The van der Waals surface area contributed by atoms with Gasteiger partial charge in [-0.1, -0.05) is 28.1 Å². The molecule has 0 spiro atoms. The van der Waals surface area contributed by atoms with E-state index in [4.69, 9.17) is 9.84 Å². The Morgan fingerprint density at radius 3 is 2.32 bits per heavy atom. The molecule has 0 aromatic heterocycles. The Morgan fingerprint density at radius 2 is 1.76 bits per heavy atom. The van der Waals surface area contributed by atoms with Crippen molar-refractivity contribution >= 4 is 33.5 Å². The molecular weight excluding hydrogens is 386 g/mol. The van der Waals surface area contributed by atoms with Gasteiger partial charge in [-0.2, -0.15) is 0 Å². The number of rotatable bonds is 8. The average molecular weight is 406 g/mol. The summed E-state index contributed by atoms with van der Waals surface area (Å²) in [7, 11) is 0. The fourth-order valence-corrected chi connectivity index (χ4v) is 2.68. The summed E-state index contributed by atoms with van der Waals surface area (Å²) in [6, 6.07) is 14.5. The Kier molecular flexibility index (Phi) is 7.01. The lowest BCUT2D eigenvalue weighted by atomic mass is 9.95. The Labute approximate surface area is 155 Å². The van der Waals surface area contributed by atoms with E-state index in [2.05, 4.69) is 21.2 Å². The topological polar surface area (TPSA) is 75.6 Å². The fourth-order valence-electron chi connectivity index (χ4n) is 2.42. The van der Waals surface area contributed by atoms with Gasteiger partial charge in [-0.25, -0.2) is 0 Å². The molecule has 0 heterocycles. The van der Waals surface area contributed by atoms with Gasteiger partial charge in [0.15, 0.2) is 0 Å². The molecule has 0 radical (unpaired) electrons. The molecule has 5 nitrogen and oxygen atoms in total. The number of carbonyl (C=O) groups is 2. The third-order valence-electron chi connectivity index (χ3n) is 3.62. The molecule has 132 valence electrons. The third-order valence-corrected chi connectivity index (χ3v) is 4.15. The maximum Gasteiger partial charge on any atom is 0.304 e. The maximum atomic E-state index is 12.5.